The fourth-order valence-corrected chi connectivity index (χ4v) is 1.85. The molecule has 0 aliphatic rings. The van der Waals surface area contributed by atoms with E-state index in [0.29, 0.717) is 16.7 Å². The summed E-state index contributed by atoms with van der Waals surface area (Å²) in [6.45, 7) is 6.03. The van der Waals surface area contributed by atoms with E-state index in [1.165, 1.54) is 0 Å². The third-order valence-corrected chi connectivity index (χ3v) is 2.79. The molecule has 1 aromatic heterocycles. The summed E-state index contributed by atoms with van der Waals surface area (Å²) in [6.07, 6.45) is 1.85. The number of nitrogens with one attached hydrogen (secondary N) is 2. The van der Waals surface area contributed by atoms with E-state index in [2.05, 4.69) is 31.5 Å². The highest BCUT2D eigenvalue weighted by molar-refractivity contribution is 9.10. The highest BCUT2D eigenvalue weighted by Gasteiger charge is 2.14. The maximum Gasteiger partial charge on any atom is 0.254 e. The molecule has 0 bridgehead atoms. The molecule has 5 nitrogen and oxygen atoms in total. The molecule has 0 saturated heterocycles. The van der Waals surface area contributed by atoms with Crippen LogP contribution in [0.4, 0.5) is 0 Å². The second-order valence-electron chi connectivity index (χ2n) is 5.15. The lowest BCUT2D eigenvalue weighted by Crippen LogP contribution is -2.42. The fourth-order valence-electron chi connectivity index (χ4n) is 1.42. The molecule has 0 aromatic carbocycles. The van der Waals surface area contributed by atoms with E-state index in [9.17, 15) is 9.59 Å². The van der Waals surface area contributed by atoms with Gasteiger partial charge in [0.2, 0.25) is 5.91 Å². The predicted molar refractivity (Wildman–Crippen MR) is 76.8 cm³/mol. The van der Waals surface area contributed by atoms with E-state index in [0.717, 1.165) is 0 Å². The maximum atomic E-state index is 11.8. The van der Waals surface area contributed by atoms with Gasteiger partial charge in [-0.05, 0) is 48.8 Å². The number of amides is 2. The third-order valence-electron chi connectivity index (χ3n) is 2.16. The van der Waals surface area contributed by atoms with E-state index in [1.807, 2.05) is 20.8 Å². The number of carbonyl (C=O) groups excluding carboxylic acids is 2. The van der Waals surface area contributed by atoms with Crippen molar-refractivity contribution in [3.63, 3.8) is 0 Å². The largest absolute Gasteiger partial charge is 0.351 e. The molecule has 0 radical (unpaired) electrons. The number of pyridine rings is 1. The zero-order chi connectivity index (χ0) is 14.5. The minimum atomic E-state index is -0.256. The van der Waals surface area contributed by atoms with Crippen molar-refractivity contribution in [1.82, 2.24) is 15.6 Å². The minimum absolute atomic E-state index is 0.0851. The van der Waals surface area contributed by atoms with E-state index in [4.69, 9.17) is 0 Å². The van der Waals surface area contributed by atoms with Gasteiger partial charge in [-0.25, -0.2) is 4.98 Å². The Morgan fingerprint density at radius 2 is 2.05 bits per heavy atom. The van der Waals surface area contributed by atoms with Crippen molar-refractivity contribution in [2.75, 3.05) is 6.54 Å². The van der Waals surface area contributed by atoms with Crippen molar-refractivity contribution in [3.05, 3.63) is 28.5 Å². The van der Waals surface area contributed by atoms with Crippen LogP contribution in [0.1, 0.15) is 37.6 Å². The topological polar surface area (TPSA) is 71.1 Å². The van der Waals surface area contributed by atoms with Crippen LogP contribution in [0.3, 0.4) is 0 Å². The first kappa shape index (κ1) is 15.6. The monoisotopic (exact) mass is 327 g/mol. The van der Waals surface area contributed by atoms with Crippen molar-refractivity contribution < 1.29 is 9.59 Å². The summed E-state index contributed by atoms with van der Waals surface area (Å²) in [6, 6.07) is 3.35. The van der Waals surface area contributed by atoms with Gasteiger partial charge in [0, 0.05) is 24.7 Å². The molecule has 0 atom stereocenters. The van der Waals surface area contributed by atoms with Crippen molar-refractivity contribution in [1.29, 1.82) is 0 Å². The van der Waals surface area contributed by atoms with Gasteiger partial charge >= 0.3 is 0 Å². The van der Waals surface area contributed by atoms with Crippen molar-refractivity contribution in [2.45, 2.75) is 32.7 Å². The summed E-state index contributed by atoms with van der Waals surface area (Å²) in [5.74, 6) is -0.332. The van der Waals surface area contributed by atoms with Crippen LogP contribution in [0.5, 0.6) is 0 Å². The molecule has 104 valence electrons. The van der Waals surface area contributed by atoms with E-state index < -0.39 is 0 Å². The zero-order valence-corrected chi connectivity index (χ0v) is 12.9. The van der Waals surface area contributed by atoms with Crippen LogP contribution in [0.25, 0.3) is 0 Å². The highest BCUT2D eigenvalue weighted by Crippen LogP contribution is 2.11. The Labute approximate surface area is 121 Å². The van der Waals surface area contributed by atoms with Crippen molar-refractivity contribution >= 4 is 27.7 Å². The number of aromatic nitrogens is 1. The highest BCUT2D eigenvalue weighted by atomic mass is 79.9. The van der Waals surface area contributed by atoms with Crippen LogP contribution in [0.2, 0.25) is 0 Å². The lowest BCUT2D eigenvalue weighted by atomic mass is 10.1. The number of rotatable bonds is 4. The second kappa shape index (κ2) is 6.65. The predicted octanol–water partition coefficient (Wildman–Crippen LogP) is 1.88. The molecule has 2 N–H and O–H groups in total. The average Bonchev–Trinajstić information content (AvgIpc) is 2.26. The fraction of sp³-hybridized carbons (Fsp3) is 0.462. The molecule has 0 aliphatic carbocycles. The van der Waals surface area contributed by atoms with Gasteiger partial charge in [-0.2, -0.15) is 0 Å². The van der Waals surface area contributed by atoms with Crippen molar-refractivity contribution in [2.24, 2.45) is 0 Å². The summed E-state index contributed by atoms with van der Waals surface area (Å²) in [5.41, 5.74) is 0.201. The Hall–Kier alpha value is -1.43. The average molecular weight is 328 g/mol. The van der Waals surface area contributed by atoms with Crippen LogP contribution in [-0.4, -0.2) is 28.9 Å². The summed E-state index contributed by atoms with van der Waals surface area (Å²) in [7, 11) is 0. The maximum absolute atomic E-state index is 11.8. The molecule has 0 aliphatic heterocycles. The standard InChI is InChI=1S/C13H18BrN3O2/c1-13(2,3)17-10(18)6-8-16-12(19)9-5-4-7-15-11(9)14/h4-5,7H,6,8H2,1-3H3,(H,16,19)(H,17,18). The minimum Gasteiger partial charge on any atom is -0.351 e. The van der Waals surface area contributed by atoms with Gasteiger partial charge in [-0.3, -0.25) is 9.59 Å². The Morgan fingerprint density at radius 3 is 2.63 bits per heavy atom. The number of carbonyl (C=O) groups is 2. The smallest absolute Gasteiger partial charge is 0.254 e. The van der Waals surface area contributed by atoms with Crippen LogP contribution >= 0.6 is 15.9 Å². The number of nitrogens with zero attached hydrogens (tertiary/aromatic N) is 1. The molecular formula is C13H18BrN3O2. The normalized spacial score (nSPS) is 10.9. The lowest BCUT2D eigenvalue weighted by molar-refractivity contribution is -0.122. The van der Waals surface area contributed by atoms with Crippen molar-refractivity contribution in [3.8, 4) is 0 Å². The molecule has 19 heavy (non-hydrogen) atoms. The van der Waals surface area contributed by atoms with Gasteiger partial charge in [-0.1, -0.05) is 0 Å². The molecule has 1 rings (SSSR count). The van der Waals surface area contributed by atoms with E-state index in [1.54, 1.807) is 18.3 Å². The second-order valence-corrected chi connectivity index (χ2v) is 5.90. The molecule has 6 heteroatoms. The SMILES string of the molecule is CC(C)(C)NC(=O)CCNC(=O)c1cccnc1Br. The lowest BCUT2D eigenvalue weighted by Gasteiger charge is -2.20. The molecule has 1 heterocycles. The molecule has 1 aromatic rings. The van der Waals surface area contributed by atoms with Crippen LogP contribution in [0.15, 0.2) is 22.9 Å². The van der Waals surface area contributed by atoms with Gasteiger partial charge in [0.1, 0.15) is 4.60 Å². The molecule has 2 amide bonds. The number of halogens is 1. The zero-order valence-electron chi connectivity index (χ0n) is 11.3. The van der Waals surface area contributed by atoms with Crippen LogP contribution in [-0.2, 0) is 4.79 Å². The first-order valence-corrected chi connectivity index (χ1v) is 6.78. The van der Waals surface area contributed by atoms with Gasteiger partial charge in [0.25, 0.3) is 5.91 Å². The van der Waals surface area contributed by atoms with E-state index >= 15 is 0 Å². The summed E-state index contributed by atoms with van der Waals surface area (Å²) < 4.78 is 0.492. The summed E-state index contributed by atoms with van der Waals surface area (Å²) in [5, 5.41) is 5.52. The van der Waals surface area contributed by atoms with Crippen LogP contribution < -0.4 is 10.6 Å². The van der Waals surface area contributed by atoms with E-state index in [-0.39, 0.29) is 23.8 Å². The molecule has 0 unspecified atom stereocenters. The molecule has 0 saturated carbocycles. The van der Waals surface area contributed by atoms with Gasteiger partial charge in [0.05, 0.1) is 5.56 Å². The first-order chi connectivity index (χ1) is 8.79. The third kappa shape index (κ3) is 5.83. The Morgan fingerprint density at radius 1 is 1.37 bits per heavy atom. The molecular weight excluding hydrogens is 310 g/mol. The Balaban J connectivity index is 2.40. The summed E-state index contributed by atoms with van der Waals surface area (Å²) >= 11 is 3.21. The number of hydrogen-bond donors (Lipinski definition) is 2. The van der Waals surface area contributed by atoms with Gasteiger partial charge in [0.15, 0.2) is 0 Å². The quantitative estimate of drug-likeness (QED) is 0.829. The number of hydrogen-bond acceptors (Lipinski definition) is 3. The first-order valence-electron chi connectivity index (χ1n) is 5.99. The van der Waals surface area contributed by atoms with Gasteiger partial charge in [-0.15, -0.1) is 0 Å². The molecule has 0 fully saturated rings. The Kier molecular flexibility index (Phi) is 5.47. The molecule has 0 spiro atoms. The Bertz CT molecular complexity index is 469. The van der Waals surface area contributed by atoms with Gasteiger partial charge < -0.3 is 10.6 Å². The van der Waals surface area contributed by atoms with Crippen LogP contribution in [0, 0.1) is 0 Å². The summed E-state index contributed by atoms with van der Waals surface area (Å²) in [4.78, 5) is 27.3.